The van der Waals surface area contributed by atoms with Crippen molar-refractivity contribution in [1.82, 2.24) is 9.80 Å². The van der Waals surface area contributed by atoms with Crippen molar-refractivity contribution in [2.45, 2.75) is 32.2 Å². The molecule has 1 amide bonds. The third-order valence-corrected chi connectivity index (χ3v) is 5.10. The molecule has 1 aliphatic carbocycles. The number of fused-ring (bicyclic) bond motifs is 1. The van der Waals surface area contributed by atoms with Gasteiger partial charge in [-0.05, 0) is 56.5 Å². The summed E-state index contributed by atoms with van der Waals surface area (Å²) in [6.07, 6.45) is 4.69. The average molecular weight is 330 g/mol. The Hall–Kier alpha value is -1.75. The first kappa shape index (κ1) is 15.8. The second kappa shape index (κ2) is 7.01. The minimum atomic E-state index is 0.265. The van der Waals surface area contributed by atoms with Crippen LogP contribution in [0.1, 0.15) is 31.2 Å². The fourth-order valence-corrected chi connectivity index (χ4v) is 3.53. The largest absolute Gasteiger partial charge is 0.486 e. The number of hydrogen-bond donors (Lipinski definition) is 0. The third-order valence-electron chi connectivity index (χ3n) is 5.10. The molecular weight excluding hydrogens is 304 g/mol. The Morgan fingerprint density at radius 1 is 1.12 bits per heavy atom. The number of rotatable bonds is 6. The van der Waals surface area contributed by atoms with Crippen LogP contribution in [-0.2, 0) is 11.3 Å². The first-order valence-corrected chi connectivity index (χ1v) is 9.19. The van der Waals surface area contributed by atoms with Crippen LogP contribution in [0, 0.1) is 5.92 Å². The van der Waals surface area contributed by atoms with Crippen LogP contribution in [-0.4, -0.2) is 55.1 Å². The van der Waals surface area contributed by atoms with E-state index in [0.29, 0.717) is 25.7 Å². The van der Waals surface area contributed by atoms with Crippen LogP contribution in [0.3, 0.4) is 0 Å². The molecule has 0 spiro atoms. The summed E-state index contributed by atoms with van der Waals surface area (Å²) < 4.78 is 11.3. The Labute approximate surface area is 143 Å². The molecule has 0 unspecified atom stereocenters. The van der Waals surface area contributed by atoms with Gasteiger partial charge in [0.25, 0.3) is 0 Å². The van der Waals surface area contributed by atoms with Crippen molar-refractivity contribution in [2.75, 3.05) is 39.4 Å². The summed E-state index contributed by atoms with van der Waals surface area (Å²) in [5.41, 5.74) is 1.12. The van der Waals surface area contributed by atoms with Crippen LogP contribution in [0.2, 0.25) is 0 Å². The lowest BCUT2D eigenvalue weighted by atomic mass is 10.1. The van der Waals surface area contributed by atoms with Gasteiger partial charge in [0, 0.05) is 25.6 Å². The molecule has 0 atom stereocenters. The molecule has 2 heterocycles. The highest BCUT2D eigenvalue weighted by atomic mass is 16.6. The normalized spacial score (nSPS) is 20.2. The van der Waals surface area contributed by atoms with Crippen LogP contribution >= 0.6 is 0 Å². The van der Waals surface area contributed by atoms with Crippen molar-refractivity contribution in [3.63, 3.8) is 0 Å². The molecule has 1 aromatic rings. The van der Waals surface area contributed by atoms with Crippen LogP contribution in [0.15, 0.2) is 18.2 Å². The maximum absolute atomic E-state index is 12.7. The minimum absolute atomic E-state index is 0.265. The van der Waals surface area contributed by atoms with E-state index in [9.17, 15) is 4.79 Å². The molecule has 24 heavy (non-hydrogen) atoms. The molecule has 0 aromatic heterocycles. The van der Waals surface area contributed by atoms with Crippen molar-refractivity contribution in [1.29, 1.82) is 0 Å². The summed E-state index contributed by atoms with van der Waals surface area (Å²) in [4.78, 5) is 17.2. The quantitative estimate of drug-likeness (QED) is 0.803. The van der Waals surface area contributed by atoms with Gasteiger partial charge in [0.1, 0.15) is 13.2 Å². The summed E-state index contributed by atoms with van der Waals surface area (Å²) in [6, 6.07) is 6.04. The van der Waals surface area contributed by atoms with Crippen LogP contribution in [0.25, 0.3) is 0 Å². The van der Waals surface area contributed by atoms with Crippen molar-refractivity contribution in [2.24, 2.45) is 5.92 Å². The number of carbonyl (C=O) groups is 1. The molecule has 0 bridgehead atoms. The second-order valence-corrected chi connectivity index (χ2v) is 7.06. The Morgan fingerprint density at radius 3 is 2.62 bits per heavy atom. The number of likely N-dealkylation sites (tertiary alicyclic amines) is 1. The van der Waals surface area contributed by atoms with Gasteiger partial charge in [0.2, 0.25) is 5.91 Å². The molecule has 3 aliphatic rings. The van der Waals surface area contributed by atoms with E-state index in [-0.39, 0.29) is 5.92 Å². The zero-order valence-corrected chi connectivity index (χ0v) is 14.2. The van der Waals surface area contributed by atoms with Gasteiger partial charge in [-0.2, -0.15) is 0 Å². The Kier molecular flexibility index (Phi) is 4.60. The lowest BCUT2D eigenvalue weighted by Crippen LogP contribution is -2.38. The number of carbonyl (C=O) groups excluding carboxylic acids is 1. The van der Waals surface area contributed by atoms with E-state index in [2.05, 4.69) is 11.0 Å². The van der Waals surface area contributed by atoms with Crippen LogP contribution in [0.4, 0.5) is 0 Å². The predicted octanol–water partition coefficient (Wildman–Crippen LogP) is 2.29. The van der Waals surface area contributed by atoms with Gasteiger partial charge >= 0.3 is 0 Å². The summed E-state index contributed by atoms with van der Waals surface area (Å²) in [5.74, 6) is 2.20. The Balaban J connectivity index is 1.43. The summed E-state index contributed by atoms with van der Waals surface area (Å²) in [7, 11) is 0. The van der Waals surface area contributed by atoms with Crippen molar-refractivity contribution in [3.8, 4) is 11.5 Å². The summed E-state index contributed by atoms with van der Waals surface area (Å²) >= 11 is 0. The second-order valence-electron chi connectivity index (χ2n) is 7.06. The molecule has 5 nitrogen and oxygen atoms in total. The lowest BCUT2D eigenvalue weighted by molar-refractivity contribution is -0.133. The standard InChI is InChI=1S/C19H26N2O3/c22-19(16-4-5-16)21(10-9-20-7-1-2-8-20)14-15-3-6-17-18(13-15)24-12-11-23-17/h3,6,13,16H,1-2,4-5,7-12,14H2. The molecule has 4 rings (SSSR count). The summed E-state index contributed by atoms with van der Waals surface area (Å²) in [6.45, 7) is 6.03. The fraction of sp³-hybridized carbons (Fsp3) is 0.632. The molecule has 2 fully saturated rings. The number of hydrogen-bond acceptors (Lipinski definition) is 4. The molecule has 1 aromatic carbocycles. The third kappa shape index (κ3) is 3.66. The molecule has 0 radical (unpaired) electrons. The fourth-order valence-electron chi connectivity index (χ4n) is 3.53. The number of amides is 1. The number of benzene rings is 1. The van der Waals surface area contributed by atoms with Gasteiger partial charge in [-0.15, -0.1) is 0 Å². The Morgan fingerprint density at radius 2 is 1.88 bits per heavy atom. The monoisotopic (exact) mass is 330 g/mol. The topological polar surface area (TPSA) is 42.0 Å². The van der Waals surface area contributed by atoms with Crippen molar-refractivity contribution in [3.05, 3.63) is 23.8 Å². The van der Waals surface area contributed by atoms with Crippen molar-refractivity contribution < 1.29 is 14.3 Å². The van der Waals surface area contributed by atoms with Gasteiger partial charge in [-0.1, -0.05) is 6.07 Å². The first-order valence-electron chi connectivity index (χ1n) is 9.19. The van der Waals surface area contributed by atoms with Gasteiger partial charge < -0.3 is 19.3 Å². The minimum Gasteiger partial charge on any atom is -0.486 e. The van der Waals surface area contributed by atoms with Gasteiger partial charge in [0.15, 0.2) is 11.5 Å². The molecule has 130 valence electrons. The summed E-state index contributed by atoms with van der Waals surface area (Å²) in [5, 5.41) is 0. The molecule has 0 N–H and O–H groups in total. The molecule has 1 saturated heterocycles. The molecule has 5 heteroatoms. The maximum Gasteiger partial charge on any atom is 0.226 e. The van der Waals surface area contributed by atoms with Crippen LogP contribution in [0.5, 0.6) is 11.5 Å². The van der Waals surface area contributed by atoms with Crippen molar-refractivity contribution >= 4 is 5.91 Å². The number of ether oxygens (including phenoxy) is 2. The van der Waals surface area contributed by atoms with E-state index in [1.165, 1.54) is 25.9 Å². The molecule has 2 aliphatic heterocycles. The van der Waals surface area contributed by atoms with E-state index >= 15 is 0 Å². The smallest absolute Gasteiger partial charge is 0.226 e. The number of nitrogens with zero attached hydrogens (tertiary/aromatic N) is 2. The zero-order chi connectivity index (χ0) is 16.4. The molecular formula is C19H26N2O3. The molecule has 1 saturated carbocycles. The van der Waals surface area contributed by atoms with E-state index in [1.54, 1.807) is 0 Å². The highest BCUT2D eigenvalue weighted by molar-refractivity contribution is 5.81. The Bertz CT molecular complexity index is 594. The van der Waals surface area contributed by atoms with Gasteiger partial charge in [-0.25, -0.2) is 0 Å². The highest BCUT2D eigenvalue weighted by Crippen LogP contribution is 2.33. The van der Waals surface area contributed by atoms with E-state index < -0.39 is 0 Å². The van der Waals surface area contributed by atoms with E-state index in [1.807, 2.05) is 17.0 Å². The van der Waals surface area contributed by atoms with Gasteiger partial charge in [0.05, 0.1) is 0 Å². The predicted molar refractivity (Wildman–Crippen MR) is 91.2 cm³/mol. The van der Waals surface area contributed by atoms with Gasteiger partial charge in [-0.3, -0.25) is 4.79 Å². The zero-order valence-electron chi connectivity index (χ0n) is 14.2. The highest BCUT2D eigenvalue weighted by Gasteiger charge is 2.33. The SMILES string of the molecule is O=C(C1CC1)N(CCN1CCCC1)Cc1ccc2c(c1)OCCO2. The lowest BCUT2D eigenvalue weighted by Gasteiger charge is -2.26. The van der Waals surface area contributed by atoms with E-state index in [4.69, 9.17) is 9.47 Å². The van der Waals surface area contributed by atoms with Crippen LogP contribution < -0.4 is 9.47 Å². The maximum atomic E-state index is 12.7. The average Bonchev–Trinajstić information content (AvgIpc) is 3.34. The van der Waals surface area contributed by atoms with E-state index in [0.717, 1.165) is 43.0 Å². The first-order chi connectivity index (χ1) is 11.8.